The van der Waals surface area contributed by atoms with Crippen molar-refractivity contribution in [1.82, 2.24) is 9.78 Å². The van der Waals surface area contributed by atoms with E-state index in [2.05, 4.69) is 35.5 Å². The lowest BCUT2D eigenvalue weighted by Crippen LogP contribution is -2.14. The molecule has 4 rings (SSSR count). The van der Waals surface area contributed by atoms with E-state index in [0.29, 0.717) is 28.6 Å². The monoisotopic (exact) mass is 489 g/mol. The van der Waals surface area contributed by atoms with Crippen LogP contribution in [0.15, 0.2) is 66.7 Å². The lowest BCUT2D eigenvalue weighted by molar-refractivity contribution is 0.102. The first-order chi connectivity index (χ1) is 16.8. The zero-order valence-corrected chi connectivity index (χ0v) is 21.0. The Morgan fingerprint density at radius 1 is 1.03 bits per heavy atom. The van der Waals surface area contributed by atoms with Crippen LogP contribution >= 0.6 is 11.6 Å². The van der Waals surface area contributed by atoms with Gasteiger partial charge in [0.2, 0.25) is 0 Å². The first-order valence-electron chi connectivity index (χ1n) is 11.3. The Kier molecular flexibility index (Phi) is 7.42. The van der Waals surface area contributed by atoms with Crippen LogP contribution in [0.4, 0.5) is 5.69 Å². The van der Waals surface area contributed by atoms with Gasteiger partial charge in [-0.3, -0.25) is 9.48 Å². The Morgan fingerprint density at radius 2 is 1.80 bits per heavy atom. The molecule has 0 spiro atoms. The molecule has 1 aromatic heterocycles. The van der Waals surface area contributed by atoms with Crippen molar-refractivity contribution >= 4 is 23.2 Å². The Labute approximate surface area is 210 Å². The number of nitrogens with zero attached hydrogens (tertiary/aromatic N) is 2. The third-order valence-electron chi connectivity index (χ3n) is 5.79. The predicted molar refractivity (Wildman–Crippen MR) is 139 cm³/mol. The zero-order chi connectivity index (χ0) is 24.9. The fraction of sp³-hybridized carbons (Fsp3) is 0.214. The maximum absolute atomic E-state index is 13.1. The molecule has 0 aliphatic rings. The zero-order valence-electron chi connectivity index (χ0n) is 20.3. The Balaban J connectivity index is 1.51. The number of aryl methyl sites for hydroxylation is 2. The SMILES string of the molecule is COc1ccc(C(=O)Nc2c(C)nn(Cc3cccc(C)c3)c2C)cc1COc1ccc(Cl)cc1. The minimum absolute atomic E-state index is 0.221. The summed E-state index contributed by atoms with van der Waals surface area (Å²) in [6, 6.07) is 20.7. The van der Waals surface area contributed by atoms with Gasteiger partial charge in [-0.2, -0.15) is 5.10 Å². The van der Waals surface area contributed by atoms with Crippen molar-refractivity contribution in [3.8, 4) is 11.5 Å². The number of benzene rings is 3. The van der Waals surface area contributed by atoms with Gasteiger partial charge in [0.15, 0.2) is 0 Å². The van der Waals surface area contributed by atoms with Gasteiger partial charge in [0.25, 0.3) is 5.91 Å². The highest BCUT2D eigenvalue weighted by Gasteiger charge is 2.17. The molecular formula is C28H28ClN3O3. The maximum Gasteiger partial charge on any atom is 0.255 e. The molecule has 6 nitrogen and oxygen atoms in total. The molecule has 180 valence electrons. The van der Waals surface area contributed by atoms with Crippen LogP contribution in [0.2, 0.25) is 5.02 Å². The number of carbonyl (C=O) groups is 1. The van der Waals surface area contributed by atoms with Gasteiger partial charge in [-0.1, -0.05) is 41.4 Å². The normalized spacial score (nSPS) is 10.8. The second-order valence-electron chi connectivity index (χ2n) is 8.42. The number of hydrogen-bond donors (Lipinski definition) is 1. The first kappa shape index (κ1) is 24.4. The van der Waals surface area contributed by atoms with Crippen LogP contribution in [0.5, 0.6) is 11.5 Å². The molecule has 7 heteroatoms. The highest BCUT2D eigenvalue weighted by atomic mass is 35.5. The molecule has 0 bridgehead atoms. The maximum atomic E-state index is 13.1. The fourth-order valence-corrected chi connectivity index (χ4v) is 4.05. The molecule has 4 aromatic rings. The summed E-state index contributed by atoms with van der Waals surface area (Å²) < 4.78 is 13.2. The second kappa shape index (κ2) is 10.7. The highest BCUT2D eigenvalue weighted by molar-refractivity contribution is 6.30. The predicted octanol–water partition coefficient (Wildman–Crippen LogP) is 6.35. The molecule has 3 aromatic carbocycles. The largest absolute Gasteiger partial charge is 0.496 e. The summed E-state index contributed by atoms with van der Waals surface area (Å²) in [6.07, 6.45) is 0. The third kappa shape index (κ3) is 5.84. The van der Waals surface area contributed by atoms with Crippen molar-refractivity contribution in [2.45, 2.75) is 33.9 Å². The molecule has 1 amide bonds. The van der Waals surface area contributed by atoms with Gasteiger partial charge in [-0.15, -0.1) is 0 Å². The van der Waals surface area contributed by atoms with Gasteiger partial charge < -0.3 is 14.8 Å². The Morgan fingerprint density at radius 3 is 2.51 bits per heavy atom. The summed E-state index contributed by atoms with van der Waals surface area (Å²) in [4.78, 5) is 13.1. The van der Waals surface area contributed by atoms with E-state index >= 15 is 0 Å². The van der Waals surface area contributed by atoms with Crippen LogP contribution in [0.3, 0.4) is 0 Å². The van der Waals surface area contributed by atoms with Crippen LogP contribution in [-0.4, -0.2) is 22.8 Å². The third-order valence-corrected chi connectivity index (χ3v) is 6.04. The average Bonchev–Trinajstić information content (AvgIpc) is 3.10. The van der Waals surface area contributed by atoms with Crippen LogP contribution < -0.4 is 14.8 Å². The minimum atomic E-state index is -0.221. The van der Waals surface area contributed by atoms with E-state index in [-0.39, 0.29) is 12.5 Å². The number of methoxy groups -OCH3 is 1. The lowest BCUT2D eigenvalue weighted by Gasteiger charge is -2.13. The fourth-order valence-electron chi connectivity index (χ4n) is 3.93. The van der Waals surface area contributed by atoms with E-state index in [0.717, 1.165) is 28.2 Å². The van der Waals surface area contributed by atoms with E-state index < -0.39 is 0 Å². The molecular weight excluding hydrogens is 462 g/mol. The van der Waals surface area contributed by atoms with Crippen molar-refractivity contribution in [3.63, 3.8) is 0 Å². The van der Waals surface area contributed by atoms with Crippen LogP contribution in [0.25, 0.3) is 0 Å². The topological polar surface area (TPSA) is 65.4 Å². The smallest absolute Gasteiger partial charge is 0.255 e. The van der Waals surface area contributed by atoms with Crippen molar-refractivity contribution in [2.75, 3.05) is 12.4 Å². The summed E-state index contributed by atoms with van der Waals surface area (Å²) in [5, 5.41) is 8.33. The molecule has 0 aliphatic heterocycles. The number of nitrogens with one attached hydrogen (secondary N) is 1. The molecule has 1 N–H and O–H groups in total. The van der Waals surface area contributed by atoms with E-state index in [4.69, 9.17) is 21.1 Å². The standard InChI is InChI=1S/C28H28ClN3O3/c1-18-6-5-7-21(14-18)16-32-20(3)27(19(2)31-32)30-28(33)22-8-13-26(34-4)23(15-22)17-35-25-11-9-24(29)10-12-25/h5-15H,16-17H2,1-4H3,(H,30,33). The first-order valence-corrected chi connectivity index (χ1v) is 11.7. The van der Waals surface area contributed by atoms with Gasteiger partial charge in [0.1, 0.15) is 18.1 Å². The molecule has 0 saturated heterocycles. The summed E-state index contributed by atoms with van der Waals surface area (Å²) in [7, 11) is 1.59. The van der Waals surface area contributed by atoms with Gasteiger partial charge in [0, 0.05) is 16.1 Å². The Bertz CT molecular complexity index is 1350. The molecule has 0 saturated carbocycles. The van der Waals surface area contributed by atoms with Crippen molar-refractivity contribution in [1.29, 1.82) is 0 Å². The molecule has 0 radical (unpaired) electrons. The second-order valence-corrected chi connectivity index (χ2v) is 8.85. The highest BCUT2D eigenvalue weighted by Crippen LogP contribution is 2.25. The molecule has 0 atom stereocenters. The number of carbonyl (C=O) groups excluding carboxylic acids is 1. The molecule has 0 unspecified atom stereocenters. The number of halogens is 1. The van der Waals surface area contributed by atoms with Crippen molar-refractivity contribution < 1.29 is 14.3 Å². The van der Waals surface area contributed by atoms with Gasteiger partial charge >= 0.3 is 0 Å². The summed E-state index contributed by atoms with van der Waals surface area (Å²) in [6.45, 7) is 6.82. The number of rotatable bonds is 8. The quantitative estimate of drug-likeness (QED) is 0.313. The van der Waals surface area contributed by atoms with Gasteiger partial charge in [-0.05, 0) is 68.8 Å². The minimum Gasteiger partial charge on any atom is -0.496 e. The van der Waals surface area contributed by atoms with E-state index in [9.17, 15) is 4.79 Å². The number of ether oxygens (including phenoxy) is 2. The number of aromatic nitrogens is 2. The molecule has 1 heterocycles. The summed E-state index contributed by atoms with van der Waals surface area (Å²) in [5.41, 5.74) is 6.02. The molecule has 0 fully saturated rings. The number of hydrogen-bond acceptors (Lipinski definition) is 4. The Hall–Kier alpha value is -3.77. The number of anilines is 1. The van der Waals surface area contributed by atoms with E-state index in [1.165, 1.54) is 5.56 Å². The van der Waals surface area contributed by atoms with E-state index in [1.54, 1.807) is 49.6 Å². The molecule has 35 heavy (non-hydrogen) atoms. The van der Waals surface area contributed by atoms with Crippen LogP contribution in [0.1, 0.15) is 38.4 Å². The van der Waals surface area contributed by atoms with Crippen molar-refractivity contribution in [2.24, 2.45) is 0 Å². The molecule has 0 aliphatic carbocycles. The average molecular weight is 490 g/mol. The summed E-state index contributed by atoms with van der Waals surface area (Å²) in [5.74, 6) is 1.11. The van der Waals surface area contributed by atoms with Crippen molar-refractivity contribution in [3.05, 3.63) is 105 Å². The summed E-state index contributed by atoms with van der Waals surface area (Å²) >= 11 is 5.94. The number of amides is 1. The van der Waals surface area contributed by atoms with E-state index in [1.807, 2.05) is 24.6 Å². The van der Waals surface area contributed by atoms with Gasteiger partial charge in [0.05, 0.1) is 30.7 Å². The lowest BCUT2D eigenvalue weighted by atomic mass is 10.1. The van der Waals surface area contributed by atoms with Crippen LogP contribution in [-0.2, 0) is 13.2 Å². The van der Waals surface area contributed by atoms with Gasteiger partial charge in [-0.25, -0.2) is 0 Å². The van der Waals surface area contributed by atoms with Crippen LogP contribution in [0, 0.1) is 20.8 Å².